The Morgan fingerprint density at radius 3 is 3.00 bits per heavy atom. The molecule has 1 aromatic rings. The molecule has 0 amide bonds. The van der Waals surface area contributed by atoms with Crippen molar-refractivity contribution in [3.63, 3.8) is 0 Å². The van der Waals surface area contributed by atoms with E-state index >= 15 is 0 Å². The second-order valence-corrected chi connectivity index (χ2v) is 7.18. The molecular formula is C16H23N3O5. The number of hydrogen-bond donors (Lipinski definition) is 0. The van der Waals surface area contributed by atoms with Gasteiger partial charge in [0.1, 0.15) is 12.3 Å². The highest BCUT2D eigenvalue weighted by Crippen LogP contribution is 2.53. The molecule has 0 bridgehead atoms. The first kappa shape index (κ1) is 16.9. The zero-order valence-electron chi connectivity index (χ0n) is 14.2. The number of carbonyl (C=O) groups is 1. The molecule has 1 aliphatic carbocycles. The van der Waals surface area contributed by atoms with Crippen LogP contribution in [0.2, 0.25) is 0 Å². The molecule has 8 nitrogen and oxygen atoms in total. The SMILES string of the molecule is Cc1nc([N+](=O)[O-])cn1CCC(=O)O[C@@H]1[C@H]2CCCO[C@H]2C1(C)C. The summed E-state index contributed by atoms with van der Waals surface area (Å²) in [6, 6.07) is 0. The van der Waals surface area contributed by atoms with Gasteiger partial charge in [0.2, 0.25) is 5.82 Å². The molecule has 1 aliphatic heterocycles. The largest absolute Gasteiger partial charge is 0.461 e. The van der Waals surface area contributed by atoms with Gasteiger partial charge in [0, 0.05) is 31.4 Å². The van der Waals surface area contributed by atoms with Crippen LogP contribution in [0, 0.1) is 28.4 Å². The number of imidazole rings is 1. The van der Waals surface area contributed by atoms with Crippen LogP contribution in [0.15, 0.2) is 6.20 Å². The lowest BCUT2D eigenvalue weighted by Gasteiger charge is -2.58. The molecule has 1 aromatic heterocycles. The number of aryl methyl sites for hydroxylation is 2. The van der Waals surface area contributed by atoms with Crippen LogP contribution >= 0.6 is 0 Å². The summed E-state index contributed by atoms with van der Waals surface area (Å²) < 4.78 is 13.1. The average molecular weight is 337 g/mol. The minimum Gasteiger partial charge on any atom is -0.461 e. The number of aromatic nitrogens is 2. The molecule has 2 fully saturated rings. The fraction of sp³-hybridized carbons (Fsp3) is 0.750. The summed E-state index contributed by atoms with van der Waals surface area (Å²) in [4.78, 5) is 26.2. The first-order valence-electron chi connectivity index (χ1n) is 8.30. The monoisotopic (exact) mass is 337 g/mol. The number of carbonyl (C=O) groups excluding carboxylic acids is 1. The smallest absolute Gasteiger partial charge is 0.381 e. The minimum atomic E-state index is -0.540. The van der Waals surface area contributed by atoms with E-state index in [1.807, 2.05) is 0 Å². The van der Waals surface area contributed by atoms with E-state index in [1.54, 1.807) is 11.5 Å². The number of rotatable bonds is 5. The Bertz CT molecular complexity index is 654. The Morgan fingerprint density at radius 2 is 2.33 bits per heavy atom. The van der Waals surface area contributed by atoms with Crippen LogP contribution < -0.4 is 0 Å². The van der Waals surface area contributed by atoms with Crippen molar-refractivity contribution in [2.45, 2.75) is 58.8 Å². The number of ether oxygens (including phenoxy) is 2. The van der Waals surface area contributed by atoms with Crippen molar-refractivity contribution in [1.29, 1.82) is 0 Å². The highest BCUT2D eigenvalue weighted by molar-refractivity contribution is 5.69. The number of hydrogen-bond acceptors (Lipinski definition) is 6. The van der Waals surface area contributed by atoms with E-state index in [-0.39, 0.29) is 41.7 Å². The molecular weight excluding hydrogens is 314 g/mol. The molecule has 0 unspecified atom stereocenters. The van der Waals surface area contributed by atoms with E-state index in [0.717, 1.165) is 19.4 Å². The highest BCUT2D eigenvalue weighted by atomic mass is 16.6. The zero-order chi connectivity index (χ0) is 17.5. The fourth-order valence-electron chi connectivity index (χ4n) is 3.93. The van der Waals surface area contributed by atoms with Crippen LogP contribution in [0.5, 0.6) is 0 Å². The molecule has 0 N–H and O–H groups in total. The minimum absolute atomic E-state index is 0.117. The predicted octanol–water partition coefficient (Wildman–Crippen LogP) is 2.24. The summed E-state index contributed by atoms with van der Waals surface area (Å²) in [6.07, 6.45) is 3.60. The maximum Gasteiger partial charge on any atom is 0.381 e. The summed E-state index contributed by atoms with van der Waals surface area (Å²) in [5, 5.41) is 10.7. The third kappa shape index (κ3) is 2.90. The summed E-state index contributed by atoms with van der Waals surface area (Å²) in [7, 11) is 0. The van der Waals surface area contributed by atoms with Gasteiger partial charge in [-0.15, -0.1) is 0 Å². The molecule has 3 rings (SSSR count). The standard InChI is InChI=1S/C16H23N3O5/c1-10-17-12(19(21)22)9-18(10)7-6-13(20)24-15-11-5-4-8-23-14(11)16(15,2)3/h9,11,14-15H,4-8H2,1-3H3/t11-,14+,15+/m0/s1. The Hall–Kier alpha value is -1.96. The molecule has 24 heavy (non-hydrogen) atoms. The van der Waals surface area contributed by atoms with Crippen molar-refractivity contribution in [2.24, 2.45) is 11.3 Å². The van der Waals surface area contributed by atoms with Gasteiger partial charge in [-0.05, 0) is 22.7 Å². The van der Waals surface area contributed by atoms with Crippen LogP contribution in [-0.4, -0.2) is 39.3 Å². The van der Waals surface area contributed by atoms with Gasteiger partial charge in [0.05, 0.1) is 12.5 Å². The third-order valence-corrected chi connectivity index (χ3v) is 5.19. The maximum absolute atomic E-state index is 12.2. The van der Waals surface area contributed by atoms with Crippen LogP contribution in [0.1, 0.15) is 38.9 Å². The van der Waals surface area contributed by atoms with Gasteiger partial charge in [-0.3, -0.25) is 4.79 Å². The summed E-state index contributed by atoms with van der Waals surface area (Å²) in [5.74, 6) is 0.309. The zero-order valence-corrected chi connectivity index (χ0v) is 14.2. The Morgan fingerprint density at radius 1 is 1.58 bits per heavy atom. The van der Waals surface area contributed by atoms with Crippen molar-refractivity contribution in [1.82, 2.24) is 9.55 Å². The topological polar surface area (TPSA) is 96.5 Å². The fourth-order valence-corrected chi connectivity index (χ4v) is 3.93. The van der Waals surface area contributed by atoms with Crippen LogP contribution in [0.3, 0.4) is 0 Å². The molecule has 1 saturated carbocycles. The Balaban J connectivity index is 1.55. The normalized spacial score (nSPS) is 27.9. The van der Waals surface area contributed by atoms with Gasteiger partial charge in [-0.25, -0.2) is 0 Å². The number of nitrogens with zero attached hydrogens (tertiary/aromatic N) is 3. The molecule has 0 aromatic carbocycles. The second-order valence-electron chi connectivity index (χ2n) is 7.18. The third-order valence-electron chi connectivity index (χ3n) is 5.19. The second kappa shape index (κ2) is 6.16. The highest BCUT2D eigenvalue weighted by Gasteiger charge is 2.60. The predicted molar refractivity (Wildman–Crippen MR) is 84.4 cm³/mol. The van der Waals surface area contributed by atoms with E-state index in [4.69, 9.17) is 9.47 Å². The number of nitro groups is 1. The van der Waals surface area contributed by atoms with Crippen molar-refractivity contribution in [3.05, 3.63) is 22.1 Å². The van der Waals surface area contributed by atoms with E-state index in [0.29, 0.717) is 12.4 Å². The van der Waals surface area contributed by atoms with Gasteiger partial charge in [0.15, 0.2) is 0 Å². The van der Waals surface area contributed by atoms with Crippen molar-refractivity contribution >= 4 is 11.8 Å². The van der Waals surface area contributed by atoms with Gasteiger partial charge in [0.25, 0.3) is 0 Å². The molecule has 2 heterocycles. The molecule has 132 valence electrons. The number of esters is 1. The molecule has 8 heteroatoms. The molecule has 2 aliphatic rings. The van der Waals surface area contributed by atoms with E-state index in [1.165, 1.54) is 6.20 Å². The lowest BCUT2D eigenvalue weighted by molar-refractivity contribution is -0.389. The molecule has 3 atom stereocenters. The Labute approximate surface area is 140 Å². The molecule has 1 saturated heterocycles. The average Bonchev–Trinajstić information content (AvgIpc) is 2.92. The van der Waals surface area contributed by atoms with Gasteiger partial charge in [-0.1, -0.05) is 13.8 Å². The van der Waals surface area contributed by atoms with E-state index in [2.05, 4.69) is 18.8 Å². The maximum atomic E-state index is 12.2. The first-order chi connectivity index (χ1) is 11.3. The van der Waals surface area contributed by atoms with Crippen LogP contribution in [0.4, 0.5) is 5.82 Å². The number of fused-ring (bicyclic) bond motifs is 1. The Kier molecular flexibility index (Phi) is 4.33. The lowest BCUT2D eigenvalue weighted by Crippen LogP contribution is -2.65. The van der Waals surface area contributed by atoms with Crippen LogP contribution in [0.25, 0.3) is 0 Å². The van der Waals surface area contributed by atoms with Crippen LogP contribution in [-0.2, 0) is 20.8 Å². The molecule has 0 spiro atoms. The molecule has 0 radical (unpaired) electrons. The van der Waals surface area contributed by atoms with E-state index < -0.39 is 4.92 Å². The van der Waals surface area contributed by atoms with E-state index in [9.17, 15) is 14.9 Å². The van der Waals surface area contributed by atoms with Crippen molar-refractivity contribution in [3.8, 4) is 0 Å². The van der Waals surface area contributed by atoms with Gasteiger partial charge >= 0.3 is 11.8 Å². The summed E-state index contributed by atoms with van der Waals surface area (Å²) >= 11 is 0. The van der Waals surface area contributed by atoms with Crippen molar-refractivity contribution < 1.29 is 19.2 Å². The lowest BCUT2D eigenvalue weighted by atomic mass is 9.57. The first-order valence-corrected chi connectivity index (χ1v) is 8.30. The summed E-state index contributed by atoms with van der Waals surface area (Å²) in [6.45, 7) is 6.92. The van der Waals surface area contributed by atoms with Gasteiger partial charge in [-0.2, -0.15) is 0 Å². The quantitative estimate of drug-likeness (QED) is 0.464. The summed E-state index contributed by atoms with van der Waals surface area (Å²) in [5.41, 5.74) is -0.162. The van der Waals surface area contributed by atoms with Crippen molar-refractivity contribution in [2.75, 3.05) is 6.61 Å². The van der Waals surface area contributed by atoms with Gasteiger partial charge < -0.3 is 24.2 Å².